The predicted octanol–water partition coefficient (Wildman–Crippen LogP) is 14.1. The van der Waals surface area contributed by atoms with Crippen LogP contribution in [-0.4, -0.2) is 0 Å². The van der Waals surface area contributed by atoms with E-state index in [1.165, 1.54) is 66.1 Å². The Morgan fingerprint density at radius 3 is 1.39 bits per heavy atom. The molecule has 9 aromatic rings. The Hall–Kier alpha value is -6.70. The molecule has 0 bridgehead atoms. The first kappa shape index (κ1) is 30.4. The van der Waals surface area contributed by atoms with Gasteiger partial charge in [-0.05, 0) is 102 Å². The number of fused-ring (bicyclic) bond motifs is 2. The lowest BCUT2D eigenvalue weighted by Crippen LogP contribution is -2.10. The third kappa shape index (κ3) is 5.86. The lowest BCUT2D eigenvalue weighted by atomic mass is 9.91. The molecule has 0 saturated heterocycles. The topological polar surface area (TPSA) is 3.24 Å². The Morgan fingerprint density at radius 1 is 0.255 bits per heavy atom. The van der Waals surface area contributed by atoms with E-state index in [0.717, 1.165) is 17.1 Å². The van der Waals surface area contributed by atoms with E-state index in [4.69, 9.17) is 0 Å². The van der Waals surface area contributed by atoms with Gasteiger partial charge in [-0.15, -0.1) is 0 Å². The van der Waals surface area contributed by atoms with E-state index < -0.39 is 0 Å². The summed E-state index contributed by atoms with van der Waals surface area (Å²) < 4.78 is 0. The van der Waals surface area contributed by atoms with Crippen molar-refractivity contribution in [3.05, 3.63) is 212 Å². The molecule has 1 nitrogen and oxygen atoms in total. The van der Waals surface area contributed by atoms with Gasteiger partial charge in [0.1, 0.15) is 0 Å². The molecular formula is C50H35N. The van der Waals surface area contributed by atoms with Crippen molar-refractivity contribution in [2.75, 3.05) is 4.90 Å². The van der Waals surface area contributed by atoms with Crippen LogP contribution in [0.4, 0.5) is 17.1 Å². The Kier molecular flexibility index (Phi) is 7.92. The van der Waals surface area contributed by atoms with Crippen molar-refractivity contribution in [1.82, 2.24) is 0 Å². The highest BCUT2D eigenvalue weighted by Crippen LogP contribution is 2.41. The zero-order valence-electron chi connectivity index (χ0n) is 28.2. The van der Waals surface area contributed by atoms with Crippen molar-refractivity contribution in [1.29, 1.82) is 0 Å². The van der Waals surface area contributed by atoms with Crippen LogP contribution < -0.4 is 4.90 Å². The lowest BCUT2D eigenvalue weighted by Gasteiger charge is -2.27. The maximum atomic E-state index is 2.37. The molecule has 0 spiro atoms. The summed E-state index contributed by atoms with van der Waals surface area (Å²) in [5.41, 5.74) is 13.0. The van der Waals surface area contributed by atoms with Crippen LogP contribution in [0.25, 0.3) is 66.1 Å². The number of nitrogens with zero attached hydrogens (tertiary/aromatic N) is 1. The summed E-state index contributed by atoms with van der Waals surface area (Å²) in [6, 6.07) is 76.6. The molecule has 0 aliphatic rings. The van der Waals surface area contributed by atoms with Gasteiger partial charge < -0.3 is 4.90 Å². The van der Waals surface area contributed by atoms with Crippen LogP contribution in [0.15, 0.2) is 212 Å². The first-order chi connectivity index (χ1) is 25.3. The monoisotopic (exact) mass is 649 g/mol. The van der Waals surface area contributed by atoms with Crippen molar-refractivity contribution in [3.8, 4) is 44.5 Å². The molecule has 240 valence electrons. The zero-order valence-corrected chi connectivity index (χ0v) is 28.2. The summed E-state index contributed by atoms with van der Waals surface area (Å²) in [4.78, 5) is 2.37. The van der Waals surface area contributed by atoms with Crippen LogP contribution in [-0.2, 0) is 0 Å². The maximum Gasteiger partial charge on any atom is 0.0467 e. The minimum atomic E-state index is 1.10. The van der Waals surface area contributed by atoms with Gasteiger partial charge in [0.25, 0.3) is 0 Å². The molecule has 0 aliphatic carbocycles. The number of hydrogen-bond donors (Lipinski definition) is 0. The molecule has 0 amide bonds. The first-order valence-corrected chi connectivity index (χ1v) is 17.5. The molecule has 0 aromatic heterocycles. The molecule has 0 radical (unpaired) electrons. The van der Waals surface area contributed by atoms with E-state index in [9.17, 15) is 0 Å². The van der Waals surface area contributed by atoms with Crippen molar-refractivity contribution < 1.29 is 0 Å². The fraction of sp³-hybridized carbons (Fsp3) is 0. The molecular weight excluding hydrogens is 615 g/mol. The highest BCUT2D eigenvalue weighted by atomic mass is 15.1. The van der Waals surface area contributed by atoms with Gasteiger partial charge in [-0.3, -0.25) is 0 Å². The zero-order chi connectivity index (χ0) is 34.0. The molecule has 0 heterocycles. The number of rotatable bonds is 7. The summed E-state index contributed by atoms with van der Waals surface area (Å²) >= 11 is 0. The molecule has 0 unspecified atom stereocenters. The second-order valence-corrected chi connectivity index (χ2v) is 12.9. The van der Waals surface area contributed by atoms with Crippen molar-refractivity contribution >= 4 is 38.6 Å². The van der Waals surface area contributed by atoms with E-state index in [1.807, 2.05) is 0 Å². The average molecular weight is 650 g/mol. The fourth-order valence-corrected chi connectivity index (χ4v) is 7.40. The minimum absolute atomic E-state index is 1.10. The number of hydrogen-bond acceptors (Lipinski definition) is 1. The molecule has 51 heavy (non-hydrogen) atoms. The van der Waals surface area contributed by atoms with Gasteiger partial charge in [0.05, 0.1) is 0 Å². The molecule has 0 atom stereocenters. The lowest BCUT2D eigenvalue weighted by molar-refractivity contribution is 1.28. The SMILES string of the molecule is c1ccc(-c2ccc(N(c3ccc(-c4cccc5ccccc45)cc3)c3cccc(-c4cccc5cccc(-c6ccccc6)c45)c3)cc2)cc1. The van der Waals surface area contributed by atoms with Crippen LogP contribution in [0, 0.1) is 0 Å². The van der Waals surface area contributed by atoms with Gasteiger partial charge >= 0.3 is 0 Å². The largest absolute Gasteiger partial charge is 0.310 e. The van der Waals surface area contributed by atoms with Crippen LogP contribution in [0.5, 0.6) is 0 Å². The van der Waals surface area contributed by atoms with E-state index >= 15 is 0 Å². The summed E-state index contributed by atoms with van der Waals surface area (Å²) in [7, 11) is 0. The van der Waals surface area contributed by atoms with Crippen molar-refractivity contribution in [2.24, 2.45) is 0 Å². The Bertz CT molecular complexity index is 2590. The van der Waals surface area contributed by atoms with E-state index in [0.29, 0.717) is 0 Å². The first-order valence-electron chi connectivity index (χ1n) is 17.5. The third-order valence-electron chi connectivity index (χ3n) is 9.86. The highest BCUT2D eigenvalue weighted by molar-refractivity contribution is 6.07. The van der Waals surface area contributed by atoms with Gasteiger partial charge in [-0.1, -0.05) is 176 Å². The average Bonchev–Trinajstić information content (AvgIpc) is 3.21. The van der Waals surface area contributed by atoms with Gasteiger partial charge in [-0.25, -0.2) is 0 Å². The van der Waals surface area contributed by atoms with E-state index in [2.05, 4.69) is 217 Å². The second-order valence-electron chi connectivity index (χ2n) is 12.9. The second kappa shape index (κ2) is 13.3. The molecule has 9 rings (SSSR count). The fourth-order valence-electron chi connectivity index (χ4n) is 7.40. The summed E-state index contributed by atoms with van der Waals surface area (Å²) in [5.74, 6) is 0. The standard InChI is InChI=1S/C50H35N/c1-3-13-36(14-4-1)37-27-31-43(32-28-37)51(44-33-29-40(30-34-44)47-24-10-18-38-17-7-8-23-46(38)47)45-22-9-21-42(35-45)49-26-12-20-41-19-11-25-48(50(41)49)39-15-5-2-6-16-39/h1-35H. The minimum Gasteiger partial charge on any atom is -0.310 e. The Labute approximate surface area is 299 Å². The Morgan fingerprint density at radius 2 is 0.706 bits per heavy atom. The van der Waals surface area contributed by atoms with E-state index in [-0.39, 0.29) is 0 Å². The molecule has 9 aromatic carbocycles. The maximum absolute atomic E-state index is 2.37. The number of anilines is 3. The molecule has 0 saturated carbocycles. The third-order valence-corrected chi connectivity index (χ3v) is 9.86. The van der Waals surface area contributed by atoms with Crippen LogP contribution in [0.3, 0.4) is 0 Å². The number of benzene rings is 9. The Balaban J connectivity index is 1.17. The summed E-state index contributed by atoms with van der Waals surface area (Å²) in [5, 5.41) is 5.01. The summed E-state index contributed by atoms with van der Waals surface area (Å²) in [6.45, 7) is 0. The highest BCUT2D eigenvalue weighted by Gasteiger charge is 2.16. The van der Waals surface area contributed by atoms with Crippen molar-refractivity contribution in [2.45, 2.75) is 0 Å². The van der Waals surface area contributed by atoms with E-state index in [1.54, 1.807) is 0 Å². The molecule has 1 heteroatoms. The van der Waals surface area contributed by atoms with Crippen LogP contribution in [0.1, 0.15) is 0 Å². The molecule has 0 N–H and O–H groups in total. The van der Waals surface area contributed by atoms with Gasteiger partial charge in [0.15, 0.2) is 0 Å². The van der Waals surface area contributed by atoms with Gasteiger partial charge in [0.2, 0.25) is 0 Å². The van der Waals surface area contributed by atoms with Crippen molar-refractivity contribution in [3.63, 3.8) is 0 Å². The van der Waals surface area contributed by atoms with Gasteiger partial charge in [-0.2, -0.15) is 0 Å². The molecule has 0 fully saturated rings. The van der Waals surface area contributed by atoms with Crippen LogP contribution in [0.2, 0.25) is 0 Å². The smallest absolute Gasteiger partial charge is 0.0467 e. The van der Waals surface area contributed by atoms with Crippen LogP contribution >= 0.6 is 0 Å². The quantitative estimate of drug-likeness (QED) is 0.166. The molecule has 0 aliphatic heterocycles. The summed E-state index contributed by atoms with van der Waals surface area (Å²) in [6.07, 6.45) is 0. The normalized spacial score (nSPS) is 11.1. The predicted molar refractivity (Wildman–Crippen MR) is 218 cm³/mol. The van der Waals surface area contributed by atoms with Gasteiger partial charge in [0, 0.05) is 17.1 Å².